The van der Waals surface area contributed by atoms with E-state index in [1.165, 1.54) is 6.42 Å². The molecule has 110 valence electrons. The summed E-state index contributed by atoms with van der Waals surface area (Å²) in [5.41, 5.74) is 1.35. The maximum Gasteiger partial charge on any atom is 0.230 e. The summed E-state index contributed by atoms with van der Waals surface area (Å²) < 4.78 is 0. The fraction of sp³-hybridized carbons (Fsp3) is 0.412. The fourth-order valence-corrected chi connectivity index (χ4v) is 3.17. The van der Waals surface area contributed by atoms with Crippen molar-refractivity contribution >= 4 is 34.1 Å². The molecule has 1 saturated carbocycles. The van der Waals surface area contributed by atoms with E-state index in [4.69, 9.17) is 11.6 Å². The lowest BCUT2D eigenvalue weighted by Gasteiger charge is -2.31. The molecule has 0 unspecified atom stereocenters. The zero-order valence-corrected chi connectivity index (χ0v) is 12.9. The third-order valence-corrected chi connectivity index (χ3v) is 4.64. The largest absolute Gasteiger partial charge is 0.324 e. The van der Waals surface area contributed by atoms with Gasteiger partial charge in [0.25, 0.3) is 0 Å². The molecule has 2 aromatic rings. The molecule has 0 bridgehead atoms. The second kappa shape index (κ2) is 5.64. The number of rotatable bonds is 2. The van der Waals surface area contributed by atoms with Crippen LogP contribution < -0.4 is 5.32 Å². The van der Waals surface area contributed by atoms with Crippen molar-refractivity contribution in [1.29, 1.82) is 0 Å². The molecule has 3 nitrogen and oxygen atoms in total. The monoisotopic (exact) mass is 302 g/mol. The smallest absolute Gasteiger partial charge is 0.230 e. The topological polar surface area (TPSA) is 42.0 Å². The molecule has 1 aliphatic rings. The molecule has 1 aliphatic carbocycles. The van der Waals surface area contributed by atoms with Crippen molar-refractivity contribution in [2.75, 3.05) is 5.32 Å². The Kier molecular flexibility index (Phi) is 3.85. The van der Waals surface area contributed by atoms with Crippen LogP contribution in [-0.2, 0) is 4.79 Å². The number of halogens is 1. The predicted molar refractivity (Wildman–Crippen MR) is 86.6 cm³/mol. The minimum atomic E-state index is -0.243. The number of hydrogen-bond donors (Lipinski definition) is 1. The molecule has 1 heterocycles. The number of nitrogens with zero attached hydrogens (tertiary/aromatic N) is 1. The van der Waals surface area contributed by atoms with Crippen molar-refractivity contribution in [2.24, 2.45) is 5.41 Å². The number of fused-ring (bicyclic) bond motifs is 1. The number of amides is 1. The van der Waals surface area contributed by atoms with Crippen LogP contribution >= 0.6 is 11.6 Å². The Morgan fingerprint density at radius 3 is 2.76 bits per heavy atom. The van der Waals surface area contributed by atoms with Crippen LogP contribution in [0.25, 0.3) is 10.9 Å². The van der Waals surface area contributed by atoms with Crippen LogP contribution in [0.4, 0.5) is 5.69 Å². The number of benzene rings is 1. The summed E-state index contributed by atoms with van der Waals surface area (Å²) in [7, 11) is 0. The number of hydrogen-bond acceptors (Lipinski definition) is 2. The van der Waals surface area contributed by atoms with Gasteiger partial charge in [0.15, 0.2) is 0 Å². The van der Waals surface area contributed by atoms with Crippen LogP contribution in [-0.4, -0.2) is 10.9 Å². The van der Waals surface area contributed by atoms with Crippen LogP contribution in [0.15, 0.2) is 30.5 Å². The molecule has 1 fully saturated rings. The first-order valence-electron chi connectivity index (χ1n) is 7.44. The average Bonchev–Trinajstić information content (AvgIpc) is 2.48. The number of carbonyl (C=O) groups excluding carboxylic acids is 1. The standard InChI is InChI=1S/C17H19ClN2O/c1-17(7-3-2-4-8-17)16(21)20-14-9-12-5-6-13(18)10-15(12)19-11-14/h5-6,9-11H,2-4,7-8H2,1H3,(H,20,21). The third kappa shape index (κ3) is 3.03. The van der Waals surface area contributed by atoms with E-state index in [0.717, 1.165) is 42.3 Å². The average molecular weight is 303 g/mol. The Balaban J connectivity index is 1.81. The summed E-state index contributed by atoms with van der Waals surface area (Å²) in [6.07, 6.45) is 7.14. The van der Waals surface area contributed by atoms with Crippen molar-refractivity contribution in [3.8, 4) is 0 Å². The number of nitrogens with one attached hydrogen (secondary N) is 1. The first kappa shape index (κ1) is 14.3. The second-order valence-electron chi connectivity index (χ2n) is 6.14. The summed E-state index contributed by atoms with van der Waals surface area (Å²) in [6, 6.07) is 7.52. The van der Waals surface area contributed by atoms with Gasteiger partial charge in [0.1, 0.15) is 0 Å². The van der Waals surface area contributed by atoms with Crippen LogP contribution in [0.1, 0.15) is 39.0 Å². The molecule has 1 N–H and O–H groups in total. The van der Waals surface area contributed by atoms with Gasteiger partial charge in [-0.15, -0.1) is 0 Å². The van der Waals surface area contributed by atoms with Gasteiger partial charge in [-0.1, -0.05) is 43.9 Å². The van der Waals surface area contributed by atoms with E-state index in [1.807, 2.05) is 24.3 Å². The Hall–Kier alpha value is -1.61. The molecule has 3 rings (SSSR count). The van der Waals surface area contributed by atoms with E-state index in [0.29, 0.717) is 5.02 Å². The zero-order valence-electron chi connectivity index (χ0n) is 12.2. The van der Waals surface area contributed by atoms with Crippen molar-refractivity contribution in [2.45, 2.75) is 39.0 Å². The Morgan fingerprint density at radius 1 is 1.24 bits per heavy atom. The maximum absolute atomic E-state index is 12.5. The van der Waals surface area contributed by atoms with Gasteiger partial charge in [-0.3, -0.25) is 9.78 Å². The maximum atomic E-state index is 12.5. The highest BCUT2D eigenvalue weighted by Crippen LogP contribution is 2.36. The van der Waals surface area contributed by atoms with Crippen LogP contribution in [0.3, 0.4) is 0 Å². The molecule has 1 aromatic carbocycles. The molecule has 4 heteroatoms. The molecular weight excluding hydrogens is 284 g/mol. The summed E-state index contributed by atoms with van der Waals surface area (Å²) >= 11 is 5.95. The quantitative estimate of drug-likeness (QED) is 0.866. The van der Waals surface area contributed by atoms with Crippen molar-refractivity contribution in [3.05, 3.63) is 35.5 Å². The van der Waals surface area contributed by atoms with Gasteiger partial charge >= 0.3 is 0 Å². The van der Waals surface area contributed by atoms with Gasteiger partial charge < -0.3 is 5.32 Å². The van der Waals surface area contributed by atoms with Gasteiger partial charge in [0.05, 0.1) is 17.4 Å². The Morgan fingerprint density at radius 2 is 2.00 bits per heavy atom. The van der Waals surface area contributed by atoms with E-state index in [1.54, 1.807) is 6.20 Å². The number of pyridine rings is 1. The minimum Gasteiger partial charge on any atom is -0.324 e. The molecule has 0 saturated heterocycles. The molecule has 0 aliphatic heterocycles. The highest BCUT2D eigenvalue weighted by atomic mass is 35.5. The van der Waals surface area contributed by atoms with Crippen molar-refractivity contribution in [1.82, 2.24) is 4.98 Å². The third-order valence-electron chi connectivity index (χ3n) is 4.41. The van der Waals surface area contributed by atoms with Gasteiger partial charge in [-0.2, -0.15) is 0 Å². The fourth-order valence-electron chi connectivity index (χ4n) is 3.00. The van der Waals surface area contributed by atoms with Gasteiger partial charge in [-0.05, 0) is 31.0 Å². The number of carbonyl (C=O) groups is 1. The van der Waals surface area contributed by atoms with Gasteiger partial charge in [-0.25, -0.2) is 0 Å². The van der Waals surface area contributed by atoms with Crippen molar-refractivity contribution < 1.29 is 4.79 Å². The Bertz CT molecular complexity index is 678. The summed E-state index contributed by atoms with van der Waals surface area (Å²) in [4.78, 5) is 16.9. The first-order valence-corrected chi connectivity index (χ1v) is 7.81. The normalized spacial score (nSPS) is 17.6. The zero-order chi connectivity index (χ0) is 14.9. The molecule has 0 radical (unpaired) electrons. The molecule has 21 heavy (non-hydrogen) atoms. The predicted octanol–water partition coefficient (Wildman–Crippen LogP) is 4.80. The van der Waals surface area contributed by atoms with Gasteiger partial charge in [0, 0.05) is 15.8 Å². The minimum absolute atomic E-state index is 0.109. The lowest BCUT2D eigenvalue weighted by molar-refractivity contribution is -0.126. The number of aromatic nitrogens is 1. The highest BCUT2D eigenvalue weighted by molar-refractivity contribution is 6.31. The van der Waals surface area contributed by atoms with E-state index < -0.39 is 0 Å². The first-order chi connectivity index (χ1) is 10.1. The van der Waals surface area contributed by atoms with Crippen LogP contribution in [0.2, 0.25) is 5.02 Å². The highest BCUT2D eigenvalue weighted by Gasteiger charge is 2.34. The molecule has 1 amide bonds. The van der Waals surface area contributed by atoms with E-state index >= 15 is 0 Å². The lowest BCUT2D eigenvalue weighted by atomic mass is 9.75. The lowest BCUT2D eigenvalue weighted by Crippen LogP contribution is -2.35. The summed E-state index contributed by atoms with van der Waals surface area (Å²) in [5.74, 6) is 0.109. The summed E-state index contributed by atoms with van der Waals surface area (Å²) in [6.45, 7) is 2.07. The number of anilines is 1. The molecule has 1 aromatic heterocycles. The SMILES string of the molecule is CC1(C(=O)Nc2cnc3cc(Cl)ccc3c2)CCCCC1. The Labute approximate surface area is 129 Å². The van der Waals surface area contributed by atoms with E-state index in [9.17, 15) is 4.79 Å². The van der Waals surface area contributed by atoms with Crippen LogP contribution in [0.5, 0.6) is 0 Å². The second-order valence-corrected chi connectivity index (χ2v) is 6.57. The molecule has 0 atom stereocenters. The van der Waals surface area contributed by atoms with Gasteiger partial charge in [0.2, 0.25) is 5.91 Å². The van der Waals surface area contributed by atoms with Crippen molar-refractivity contribution in [3.63, 3.8) is 0 Å². The summed E-state index contributed by atoms with van der Waals surface area (Å²) in [5, 5.41) is 4.67. The van der Waals surface area contributed by atoms with Crippen LogP contribution in [0, 0.1) is 5.41 Å². The van der Waals surface area contributed by atoms with E-state index in [2.05, 4.69) is 17.2 Å². The molecular formula is C17H19ClN2O. The molecule has 0 spiro atoms. The van der Waals surface area contributed by atoms with E-state index in [-0.39, 0.29) is 11.3 Å².